The third kappa shape index (κ3) is 5.64. The van der Waals surface area contributed by atoms with E-state index in [4.69, 9.17) is 5.11 Å². The second-order valence-corrected chi connectivity index (χ2v) is 4.75. The van der Waals surface area contributed by atoms with Gasteiger partial charge in [0.1, 0.15) is 0 Å². The summed E-state index contributed by atoms with van der Waals surface area (Å²) in [7, 11) is 2.03. The van der Waals surface area contributed by atoms with Crippen molar-refractivity contribution in [2.45, 2.75) is 39.7 Å². The number of rotatable bonds is 4. The van der Waals surface area contributed by atoms with E-state index in [0.29, 0.717) is 0 Å². The van der Waals surface area contributed by atoms with Crippen LogP contribution in [0.5, 0.6) is 0 Å². The fraction of sp³-hybridized carbons (Fsp3) is 0.900. The Bertz CT molecular complexity index is 172. The first kappa shape index (κ1) is 12.4. The Morgan fingerprint density at radius 1 is 1.46 bits per heavy atom. The molecular weight excluding hydrogens is 166 g/mol. The fourth-order valence-corrected chi connectivity index (χ4v) is 1.10. The molecular formula is C10H21NO2. The standard InChI is InChI=1S/C10H21NO2/c1-8(6-9(12)13)7-11(5)10(2,3)4/h8H,6-7H2,1-5H3,(H,12,13). The van der Waals surface area contributed by atoms with Crippen molar-refractivity contribution in [3.63, 3.8) is 0 Å². The van der Waals surface area contributed by atoms with Gasteiger partial charge in [-0.15, -0.1) is 0 Å². The number of hydrogen-bond donors (Lipinski definition) is 1. The lowest BCUT2D eigenvalue weighted by molar-refractivity contribution is -0.138. The molecule has 1 N–H and O–H groups in total. The van der Waals surface area contributed by atoms with E-state index in [2.05, 4.69) is 25.7 Å². The summed E-state index contributed by atoms with van der Waals surface area (Å²) >= 11 is 0. The maximum Gasteiger partial charge on any atom is 0.303 e. The van der Waals surface area contributed by atoms with Crippen molar-refractivity contribution in [1.29, 1.82) is 0 Å². The molecule has 0 bridgehead atoms. The largest absolute Gasteiger partial charge is 0.481 e. The third-order valence-corrected chi connectivity index (χ3v) is 2.25. The summed E-state index contributed by atoms with van der Waals surface area (Å²) in [5.74, 6) is -0.503. The quantitative estimate of drug-likeness (QED) is 0.730. The van der Waals surface area contributed by atoms with Gasteiger partial charge in [-0.05, 0) is 33.7 Å². The molecule has 0 aromatic carbocycles. The maximum absolute atomic E-state index is 10.4. The van der Waals surface area contributed by atoms with Gasteiger partial charge in [0.15, 0.2) is 0 Å². The number of carbonyl (C=O) groups is 1. The minimum Gasteiger partial charge on any atom is -0.481 e. The lowest BCUT2D eigenvalue weighted by atomic mass is 10.0. The van der Waals surface area contributed by atoms with Gasteiger partial charge in [0.25, 0.3) is 0 Å². The van der Waals surface area contributed by atoms with Gasteiger partial charge < -0.3 is 10.0 Å². The smallest absolute Gasteiger partial charge is 0.303 e. The number of aliphatic carboxylic acids is 1. The highest BCUT2D eigenvalue weighted by Crippen LogP contribution is 2.14. The SMILES string of the molecule is CC(CC(=O)O)CN(C)C(C)(C)C. The number of nitrogens with zero attached hydrogens (tertiary/aromatic N) is 1. The molecule has 78 valence electrons. The molecule has 0 spiro atoms. The summed E-state index contributed by atoms with van der Waals surface area (Å²) in [6, 6.07) is 0. The first-order valence-corrected chi connectivity index (χ1v) is 4.66. The predicted molar refractivity (Wildman–Crippen MR) is 53.8 cm³/mol. The van der Waals surface area contributed by atoms with E-state index in [-0.39, 0.29) is 17.9 Å². The van der Waals surface area contributed by atoms with Crippen LogP contribution in [-0.4, -0.2) is 35.1 Å². The molecule has 0 aromatic heterocycles. The van der Waals surface area contributed by atoms with E-state index in [1.54, 1.807) is 0 Å². The number of carboxylic acid groups (broad SMARTS) is 1. The highest BCUT2D eigenvalue weighted by molar-refractivity contribution is 5.66. The van der Waals surface area contributed by atoms with Crippen LogP contribution >= 0.6 is 0 Å². The average Bonchev–Trinajstić information content (AvgIpc) is 1.82. The van der Waals surface area contributed by atoms with Crippen LogP contribution in [0.25, 0.3) is 0 Å². The Morgan fingerprint density at radius 2 is 1.92 bits per heavy atom. The molecule has 1 atom stereocenters. The topological polar surface area (TPSA) is 40.5 Å². The van der Waals surface area contributed by atoms with E-state index in [1.807, 2.05) is 14.0 Å². The van der Waals surface area contributed by atoms with Crippen LogP contribution in [-0.2, 0) is 4.79 Å². The predicted octanol–water partition coefficient (Wildman–Crippen LogP) is 1.83. The second kappa shape index (κ2) is 4.61. The van der Waals surface area contributed by atoms with E-state index < -0.39 is 5.97 Å². The lowest BCUT2D eigenvalue weighted by Crippen LogP contribution is -2.40. The molecule has 0 aliphatic rings. The third-order valence-electron chi connectivity index (χ3n) is 2.25. The summed E-state index contributed by atoms with van der Waals surface area (Å²) in [4.78, 5) is 12.6. The molecule has 3 heteroatoms. The van der Waals surface area contributed by atoms with Gasteiger partial charge in [0.2, 0.25) is 0 Å². The zero-order valence-electron chi connectivity index (χ0n) is 9.29. The molecule has 0 radical (unpaired) electrons. The summed E-state index contributed by atoms with van der Waals surface area (Å²) in [5, 5.41) is 8.58. The Hall–Kier alpha value is -0.570. The van der Waals surface area contributed by atoms with E-state index in [1.165, 1.54) is 0 Å². The van der Waals surface area contributed by atoms with Crippen LogP contribution in [0.15, 0.2) is 0 Å². The van der Waals surface area contributed by atoms with E-state index in [0.717, 1.165) is 6.54 Å². The number of hydrogen-bond acceptors (Lipinski definition) is 2. The Kier molecular flexibility index (Phi) is 4.40. The van der Waals surface area contributed by atoms with Crippen LogP contribution in [0, 0.1) is 5.92 Å². The van der Waals surface area contributed by atoms with Crippen molar-refractivity contribution in [3.8, 4) is 0 Å². The van der Waals surface area contributed by atoms with Crippen LogP contribution in [0.4, 0.5) is 0 Å². The molecule has 0 saturated carbocycles. The average molecular weight is 187 g/mol. The van der Waals surface area contributed by atoms with Crippen molar-refractivity contribution >= 4 is 5.97 Å². The molecule has 0 heterocycles. The van der Waals surface area contributed by atoms with E-state index in [9.17, 15) is 4.79 Å². The van der Waals surface area contributed by atoms with Crippen molar-refractivity contribution in [1.82, 2.24) is 4.90 Å². The lowest BCUT2D eigenvalue weighted by Gasteiger charge is -2.33. The van der Waals surface area contributed by atoms with Gasteiger partial charge >= 0.3 is 5.97 Å². The first-order chi connectivity index (χ1) is 5.73. The van der Waals surface area contributed by atoms with Crippen LogP contribution in [0.1, 0.15) is 34.1 Å². The molecule has 1 unspecified atom stereocenters. The normalized spacial score (nSPS) is 14.6. The molecule has 0 fully saturated rings. The van der Waals surface area contributed by atoms with Crippen LogP contribution in [0.2, 0.25) is 0 Å². The Labute approximate surface area is 80.7 Å². The van der Waals surface area contributed by atoms with Gasteiger partial charge in [-0.2, -0.15) is 0 Å². The monoisotopic (exact) mass is 187 g/mol. The Morgan fingerprint density at radius 3 is 2.23 bits per heavy atom. The van der Waals surface area contributed by atoms with Crippen molar-refractivity contribution in [2.75, 3.05) is 13.6 Å². The molecule has 3 nitrogen and oxygen atoms in total. The second-order valence-electron chi connectivity index (χ2n) is 4.75. The van der Waals surface area contributed by atoms with Crippen molar-refractivity contribution in [2.24, 2.45) is 5.92 Å². The molecule has 0 amide bonds. The minimum absolute atomic E-state index is 0.118. The maximum atomic E-state index is 10.4. The van der Waals surface area contributed by atoms with Gasteiger partial charge in [0, 0.05) is 18.5 Å². The summed E-state index contributed by atoms with van der Waals surface area (Å²) in [5.41, 5.74) is 0.118. The summed E-state index contributed by atoms with van der Waals surface area (Å²) < 4.78 is 0. The van der Waals surface area contributed by atoms with Crippen LogP contribution < -0.4 is 0 Å². The highest BCUT2D eigenvalue weighted by atomic mass is 16.4. The zero-order valence-corrected chi connectivity index (χ0v) is 9.29. The minimum atomic E-state index is -0.713. The molecule has 0 rings (SSSR count). The van der Waals surface area contributed by atoms with Gasteiger partial charge in [-0.25, -0.2) is 0 Å². The molecule has 13 heavy (non-hydrogen) atoms. The molecule has 0 aliphatic carbocycles. The van der Waals surface area contributed by atoms with Crippen molar-refractivity contribution in [3.05, 3.63) is 0 Å². The van der Waals surface area contributed by atoms with Crippen LogP contribution in [0.3, 0.4) is 0 Å². The molecule has 0 saturated heterocycles. The van der Waals surface area contributed by atoms with Gasteiger partial charge in [-0.3, -0.25) is 4.79 Å². The zero-order chi connectivity index (χ0) is 10.6. The molecule has 0 aliphatic heterocycles. The Balaban J connectivity index is 3.92. The molecule has 0 aromatic rings. The fourth-order valence-electron chi connectivity index (χ4n) is 1.10. The first-order valence-electron chi connectivity index (χ1n) is 4.66. The highest BCUT2D eigenvalue weighted by Gasteiger charge is 2.19. The summed E-state index contributed by atoms with van der Waals surface area (Å²) in [6.07, 6.45) is 0.250. The van der Waals surface area contributed by atoms with Gasteiger partial charge in [-0.1, -0.05) is 6.92 Å². The van der Waals surface area contributed by atoms with Crippen molar-refractivity contribution < 1.29 is 9.90 Å². The van der Waals surface area contributed by atoms with E-state index >= 15 is 0 Å². The summed E-state index contributed by atoms with van der Waals surface area (Å²) in [6.45, 7) is 9.17. The number of carboxylic acids is 1. The van der Waals surface area contributed by atoms with Gasteiger partial charge in [0.05, 0.1) is 0 Å².